The Bertz CT molecular complexity index is 218. The molecule has 13 heavy (non-hydrogen) atoms. The molecular formula is C11H16FN. The Morgan fingerprint density at radius 1 is 1.15 bits per heavy atom. The van der Waals surface area contributed by atoms with Crippen molar-refractivity contribution in [1.82, 2.24) is 4.90 Å². The van der Waals surface area contributed by atoms with E-state index in [1.807, 2.05) is 0 Å². The van der Waals surface area contributed by atoms with Crippen molar-refractivity contribution >= 4 is 0 Å². The summed E-state index contributed by atoms with van der Waals surface area (Å²) in [6.07, 6.45) is 6.17. The number of halogens is 1. The predicted octanol–water partition coefficient (Wildman–Crippen LogP) is 1.71. The molecule has 0 aromatic carbocycles. The number of fused-ring (bicyclic) bond motifs is 5. The number of allylic oxidation sites excluding steroid dienone is 2. The number of hydrogen-bond donors (Lipinski definition) is 0. The van der Waals surface area contributed by atoms with E-state index in [0.29, 0.717) is 6.54 Å². The summed E-state index contributed by atoms with van der Waals surface area (Å²) >= 11 is 0. The molecule has 4 atom stereocenters. The molecule has 3 aliphatic rings. The zero-order valence-electron chi connectivity index (χ0n) is 7.82. The lowest BCUT2D eigenvalue weighted by Gasteiger charge is -2.17. The van der Waals surface area contributed by atoms with Gasteiger partial charge in [0.1, 0.15) is 6.67 Å². The van der Waals surface area contributed by atoms with Crippen molar-refractivity contribution in [3.63, 3.8) is 0 Å². The quantitative estimate of drug-likeness (QED) is 0.586. The van der Waals surface area contributed by atoms with Crippen LogP contribution in [0.4, 0.5) is 4.39 Å². The first-order valence-electron chi connectivity index (χ1n) is 5.35. The first-order valence-corrected chi connectivity index (χ1v) is 5.35. The minimum absolute atomic E-state index is 0.178. The van der Waals surface area contributed by atoms with Gasteiger partial charge in [-0.3, -0.25) is 0 Å². The van der Waals surface area contributed by atoms with Crippen LogP contribution in [0.5, 0.6) is 0 Å². The number of hydrogen-bond acceptors (Lipinski definition) is 1. The molecule has 0 amide bonds. The molecule has 2 bridgehead atoms. The van der Waals surface area contributed by atoms with Gasteiger partial charge in [0.25, 0.3) is 0 Å². The lowest BCUT2D eigenvalue weighted by Crippen LogP contribution is -2.25. The van der Waals surface area contributed by atoms with Crippen LogP contribution < -0.4 is 0 Å². The standard InChI is InChI=1S/C11H16FN/c12-3-4-13-6-10-8-1-2-9(5-8)11(10)7-13/h1-2,8-11H,3-7H2. The maximum absolute atomic E-state index is 12.2. The van der Waals surface area contributed by atoms with Crippen molar-refractivity contribution in [2.24, 2.45) is 23.7 Å². The van der Waals surface area contributed by atoms with Gasteiger partial charge in [-0.15, -0.1) is 0 Å². The molecule has 2 heteroatoms. The van der Waals surface area contributed by atoms with Crippen LogP contribution in [-0.4, -0.2) is 31.2 Å². The fraction of sp³-hybridized carbons (Fsp3) is 0.818. The van der Waals surface area contributed by atoms with Gasteiger partial charge in [0, 0.05) is 19.6 Å². The van der Waals surface area contributed by atoms with Gasteiger partial charge in [0.15, 0.2) is 0 Å². The third kappa shape index (κ3) is 1.08. The van der Waals surface area contributed by atoms with Gasteiger partial charge >= 0.3 is 0 Å². The molecule has 0 radical (unpaired) electrons. The summed E-state index contributed by atoms with van der Waals surface area (Å²) in [5.41, 5.74) is 0. The Labute approximate surface area is 78.6 Å². The number of alkyl halides is 1. The molecule has 1 saturated carbocycles. The van der Waals surface area contributed by atoms with Crippen molar-refractivity contribution < 1.29 is 4.39 Å². The highest BCUT2D eigenvalue weighted by Gasteiger charge is 2.48. The summed E-state index contributed by atoms with van der Waals surface area (Å²) < 4.78 is 12.2. The predicted molar refractivity (Wildman–Crippen MR) is 50.1 cm³/mol. The Hall–Kier alpha value is -0.370. The van der Waals surface area contributed by atoms with Crippen LogP contribution in [0.1, 0.15) is 6.42 Å². The third-order valence-corrected chi connectivity index (χ3v) is 4.14. The van der Waals surface area contributed by atoms with Crippen LogP contribution in [0.2, 0.25) is 0 Å². The van der Waals surface area contributed by atoms with E-state index in [2.05, 4.69) is 17.1 Å². The second-order valence-corrected chi connectivity index (χ2v) is 4.72. The Morgan fingerprint density at radius 3 is 2.31 bits per heavy atom. The molecular weight excluding hydrogens is 165 g/mol. The second kappa shape index (κ2) is 2.81. The summed E-state index contributed by atoms with van der Waals surface area (Å²) in [5, 5.41) is 0. The van der Waals surface area contributed by atoms with Crippen LogP contribution >= 0.6 is 0 Å². The summed E-state index contributed by atoms with van der Waals surface area (Å²) in [7, 11) is 0. The minimum Gasteiger partial charge on any atom is -0.300 e. The zero-order chi connectivity index (χ0) is 8.84. The summed E-state index contributed by atoms with van der Waals surface area (Å²) in [6, 6.07) is 0. The summed E-state index contributed by atoms with van der Waals surface area (Å²) in [5.74, 6) is 3.39. The van der Waals surface area contributed by atoms with E-state index in [4.69, 9.17) is 0 Å². The van der Waals surface area contributed by atoms with Crippen LogP contribution in [0.3, 0.4) is 0 Å². The molecule has 0 N–H and O–H groups in total. The number of nitrogens with zero attached hydrogens (tertiary/aromatic N) is 1. The van der Waals surface area contributed by atoms with Crippen molar-refractivity contribution in [2.75, 3.05) is 26.3 Å². The van der Waals surface area contributed by atoms with Gasteiger partial charge in [-0.1, -0.05) is 12.2 Å². The Balaban J connectivity index is 1.72. The SMILES string of the molecule is FCCN1CC2C3C=CC(C3)C2C1. The van der Waals surface area contributed by atoms with E-state index in [0.717, 1.165) is 36.8 Å². The number of rotatable bonds is 2. The maximum atomic E-state index is 12.2. The lowest BCUT2D eigenvalue weighted by molar-refractivity contribution is 0.269. The number of likely N-dealkylation sites (tertiary alicyclic amines) is 1. The van der Waals surface area contributed by atoms with Gasteiger partial charge in [-0.05, 0) is 30.1 Å². The molecule has 1 saturated heterocycles. The fourth-order valence-corrected chi connectivity index (χ4v) is 3.54. The highest BCUT2D eigenvalue weighted by atomic mass is 19.1. The van der Waals surface area contributed by atoms with E-state index in [1.54, 1.807) is 0 Å². The molecule has 0 aromatic rings. The van der Waals surface area contributed by atoms with Crippen LogP contribution in [0.15, 0.2) is 12.2 Å². The van der Waals surface area contributed by atoms with Gasteiger partial charge in [-0.25, -0.2) is 4.39 Å². The topological polar surface area (TPSA) is 3.24 Å². The lowest BCUT2D eigenvalue weighted by atomic mass is 9.86. The van der Waals surface area contributed by atoms with E-state index in [-0.39, 0.29) is 6.67 Å². The van der Waals surface area contributed by atoms with E-state index < -0.39 is 0 Å². The Kier molecular flexibility index (Phi) is 1.72. The first-order chi connectivity index (χ1) is 6.38. The first kappa shape index (κ1) is 7.98. The fourth-order valence-electron chi connectivity index (χ4n) is 3.54. The molecule has 0 aromatic heterocycles. The molecule has 2 aliphatic carbocycles. The van der Waals surface area contributed by atoms with E-state index in [9.17, 15) is 4.39 Å². The van der Waals surface area contributed by atoms with Crippen molar-refractivity contribution in [1.29, 1.82) is 0 Å². The average Bonchev–Trinajstić information content (AvgIpc) is 2.72. The summed E-state index contributed by atoms with van der Waals surface area (Å²) in [6.45, 7) is 2.79. The monoisotopic (exact) mass is 181 g/mol. The zero-order valence-corrected chi connectivity index (χ0v) is 7.82. The van der Waals surface area contributed by atoms with E-state index in [1.165, 1.54) is 6.42 Å². The molecule has 4 unspecified atom stereocenters. The normalized spacial score (nSPS) is 47.5. The summed E-state index contributed by atoms with van der Waals surface area (Å²) in [4.78, 5) is 2.31. The second-order valence-electron chi connectivity index (χ2n) is 4.72. The third-order valence-electron chi connectivity index (χ3n) is 4.14. The van der Waals surface area contributed by atoms with Crippen LogP contribution in [0.25, 0.3) is 0 Å². The highest BCUT2D eigenvalue weighted by Crippen LogP contribution is 2.51. The smallest absolute Gasteiger partial charge is 0.102 e. The van der Waals surface area contributed by atoms with Gasteiger partial charge in [-0.2, -0.15) is 0 Å². The van der Waals surface area contributed by atoms with Crippen LogP contribution in [-0.2, 0) is 0 Å². The largest absolute Gasteiger partial charge is 0.300 e. The van der Waals surface area contributed by atoms with Crippen molar-refractivity contribution in [2.45, 2.75) is 6.42 Å². The van der Waals surface area contributed by atoms with Crippen LogP contribution in [0, 0.1) is 23.7 Å². The molecule has 72 valence electrons. The van der Waals surface area contributed by atoms with Gasteiger partial charge in [0.05, 0.1) is 0 Å². The molecule has 0 spiro atoms. The van der Waals surface area contributed by atoms with Gasteiger partial charge in [0.2, 0.25) is 0 Å². The molecule has 1 aliphatic heterocycles. The average molecular weight is 181 g/mol. The molecule has 1 nitrogen and oxygen atoms in total. The highest BCUT2D eigenvalue weighted by molar-refractivity contribution is 5.16. The Morgan fingerprint density at radius 2 is 1.77 bits per heavy atom. The molecule has 2 fully saturated rings. The van der Waals surface area contributed by atoms with E-state index >= 15 is 0 Å². The van der Waals surface area contributed by atoms with Crippen molar-refractivity contribution in [3.8, 4) is 0 Å². The van der Waals surface area contributed by atoms with Gasteiger partial charge < -0.3 is 4.90 Å². The minimum atomic E-state index is -0.178. The molecule has 1 heterocycles. The van der Waals surface area contributed by atoms with Crippen molar-refractivity contribution in [3.05, 3.63) is 12.2 Å². The maximum Gasteiger partial charge on any atom is 0.102 e. The molecule has 3 rings (SSSR count).